The standard InChI is InChI=1S/C40H52N8O5/c1-22(2)34(41)38(49)47-16-6-8-30(47)36-42-20-28(44-36)25-14-15-32-27(18-25)13-11-24-10-12-26(19-33(24)53-32)29-21-43-37(45-29)31-9-7-17-48(31)39(50)35(23(3)4)46-40(51)52-5/h10,12,14-15,18-24,30-31,33-35H,6-9,11,13,16-17,41H2,1-5H3,(H,42,44)(H,43,45)(H,46,51)/t24?,30-,31-,33?,34-,35-/m0/s1. The van der Waals surface area contributed by atoms with Gasteiger partial charge in [-0.2, -0.15) is 0 Å². The number of carbonyl (C=O) groups is 3. The number of aryl methyl sites for hydroxylation is 1. The minimum atomic E-state index is -0.684. The molecular weight excluding hydrogens is 672 g/mol. The molecule has 0 bridgehead atoms. The molecule has 2 saturated heterocycles. The first-order valence-electron chi connectivity index (χ1n) is 19.0. The number of amides is 3. The largest absolute Gasteiger partial charge is 0.485 e. The summed E-state index contributed by atoms with van der Waals surface area (Å²) in [5.74, 6) is 2.45. The van der Waals surface area contributed by atoms with Crippen molar-refractivity contribution < 1.29 is 23.9 Å². The summed E-state index contributed by atoms with van der Waals surface area (Å²) in [6.07, 6.45) is 14.7. The van der Waals surface area contributed by atoms with Crippen LogP contribution in [0.2, 0.25) is 0 Å². The number of fused-ring (bicyclic) bond motifs is 2. The molecule has 3 aliphatic heterocycles. The lowest BCUT2D eigenvalue weighted by Gasteiger charge is -2.30. The van der Waals surface area contributed by atoms with Crippen LogP contribution in [-0.2, 0) is 20.7 Å². The maximum atomic E-state index is 13.6. The number of carbonyl (C=O) groups excluding carboxylic acids is 3. The third-order valence-corrected chi connectivity index (χ3v) is 11.3. The smallest absolute Gasteiger partial charge is 0.407 e. The Morgan fingerprint density at radius 1 is 0.925 bits per heavy atom. The van der Waals surface area contributed by atoms with E-state index < -0.39 is 18.2 Å². The molecule has 2 aromatic heterocycles. The quantitative estimate of drug-likeness (QED) is 0.226. The van der Waals surface area contributed by atoms with E-state index in [-0.39, 0.29) is 47.8 Å². The number of nitrogens with one attached hydrogen (secondary N) is 3. The number of rotatable bonds is 9. The van der Waals surface area contributed by atoms with Gasteiger partial charge in [0, 0.05) is 24.6 Å². The van der Waals surface area contributed by atoms with Crippen molar-refractivity contribution in [3.8, 4) is 17.0 Å². The highest BCUT2D eigenvalue weighted by atomic mass is 16.5. The first kappa shape index (κ1) is 36.4. The van der Waals surface area contributed by atoms with Crippen molar-refractivity contribution >= 4 is 23.5 Å². The van der Waals surface area contributed by atoms with E-state index in [2.05, 4.69) is 45.6 Å². The molecule has 3 aromatic rings. The summed E-state index contributed by atoms with van der Waals surface area (Å²) >= 11 is 0. The number of hydrogen-bond acceptors (Lipinski definition) is 8. The number of H-pyrrole nitrogens is 2. The summed E-state index contributed by atoms with van der Waals surface area (Å²) in [4.78, 5) is 58.9. The number of alkyl carbamates (subject to hydrolysis) is 1. The van der Waals surface area contributed by atoms with Gasteiger partial charge in [0.25, 0.3) is 0 Å². The minimum absolute atomic E-state index is 0.0121. The maximum absolute atomic E-state index is 13.6. The summed E-state index contributed by atoms with van der Waals surface area (Å²) in [5.41, 5.74) is 11.2. The van der Waals surface area contributed by atoms with E-state index in [0.29, 0.717) is 13.1 Å². The lowest BCUT2D eigenvalue weighted by atomic mass is 9.89. The summed E-state index contributed by atoms with van der Waals surface area (Å²) in [6, 6.07) is 4.79. The molecule has 6 atom stereocenters. The van der Waals surface area contributed by atoms with Crippen LogP contribution >= 0.6 is 0 Å². The summed E-state index contributed by atoms with van der Waals surface area (Å²) in [7, 11) is 1.30. The molecule has 2 unspecified atom stereocenters. The third kappa shape index (κ3) is 7.36. The molecular formula is C40H52N8O5. The average molecular weight is 725 g/mol. The van der Waals surface area contributed by atoms with Crippen molar-refractivity contribution in [2.75, 3.05) is 20.2 Å². The van der Waals surface area contributed by atoms with Crippen LogP contribution in [0.15, 0.2) is 48.8 Å². The van der Waals surface area contributed by atoms with Crippen molar-refractivity contribution in [2.45, 2.75) is 96.5 Å². The summed E-state index contributed by atoms with van der Waals surface area (Å²) < 4.78 is 11.4. The van der Waals surface area contributed by atoms with E-state index in [1.54, 1.807) is 0 Å². The van der Waals surface area contributed by atoms with Gasteiger partial charge in [-0.1, -0.05) is 39.8 Å². The van der Waals surface area contributed by atoms with Gasteiger partial charge < -0.3 is 40.3 Å². The number of benzene rings is 1. The van der Waals surface area contributed by atoms with E-state index in [4.69, 9.17) is 25.2 Å². The fraction of sp³-hybridized carbons (Fsp3) is 0.525. The van der Waals surface area contributed by atoms with Crippen molar-refractivity contribution in [1.29, 1.82) is 0 Å². The van der Waals surface area contributed by atoms with Crippen molar-refractivity contribution in [1.82, 2.24) is 35.1 Å². The molecule has 0 saturated carbocycles. The van der Waals surface area contributed by atoms with Crippen LogP contribution < -0.4 is 15.8 Å². The molecule has 5 heterocycles. The number of hydrogen-bond donors (Lipinski definition) is 4. The van der Waals surface area contributed by atoms with Gasteiger partial charge in [-0.15, -0.1) is 0 Å². The van der Waals surface area contributed by atoms with Crippen LogP contribution in [0.4, 0.5) is 4.79 Å². The topological polar surface area (TPSA) is 172 Å². The summed E-state index contributed by atoms with van der Waals surface area (Å²) in [5, 5.41) is 2.71. The number of ether oxygens (including phenoxy) is 2. The minimum Gasteiger partial charge on any atom is -0.485 e. The SMILES string of the molecule is COC(=O)N[C@H](C(=O)N1CCC[C@H]1c1ncc(C2=CC3Oc4ccc(-c5cnc([C@@H]6CCCN6C(=O)[C@@H](N)C(C)C)[nH]5)cc4CCC3C=C2)[nH]1)C(C)C. The lowest BCUT2D eigenvalue weighted by Crippen LogP contribution is -2.51. The number of aromatic amines is 2. The molecule has 0 radical (unpaired) electrons. The van der Waals surface area contributed by atoms with E-state index >= 15 is 0 Å². The van der Waals surface area contributed by atoms with Gasteiger partial charge in [0.05, 0.1) is 49.0 Å². The molecule has 53 heavy (non-hydrogen) atoms. The second-order valence-corrected chi connectivity index (χ2v) is 15.5. The Bertz CT molecular complexity index is 1890. The Labute approximate surface area is 310 Å². The Morgan fingerprint density at radius 3 is 2.25 bits per heavy atom. The molecule has 4 aliphatic rings. The summed E-state index contributed by atoms with van der Waals surface area (Å²) in [6.45, 7) is 9.07. The monoisotopic (exact) mass is 724 g/mol. The first-order chi connectivity index (χ1) is 25.5. The van der Waals surface area contributed by atoms with Crippen molar-refractivity contribution in [2.24, 2.45) is 23.5 Å². The predicted octanol–water partition coefficient (Wildman–Crippen LogP) is 5.45. The molecule has 1 aliphatic carbocycles. The lowest BCUT2D eigenvalue weighted by molar-refractivity contribution is -0.136. The van der Waals surface area contributed by atoms with Gasteiger partial charge in [0.15, 0.2) is 0 Å². The normalized spacial score (nSPS) is 23.6. The van der Waals surface area contributed by atoms with Crippen LogP contribution in [0.3, 0.4) is 0 Å². The van der Waals surface area contributed by atoms with Crippen LogP contribution in [0, 0.1) is 17.8 Å². The molecule has 0 spiro atoms. The number of imidazole rings is 2. The fourth-order valence-corrected chi connectivity index (χ4v) is 8.07. The highest BCUT2D eigenvalue weighted by molar-refractivity contribution is 5.86. The first-order valence-corrected chi connectivity index (χ1v) is 19.0. The zero-order chi connectivity index (χ0) is 37.4. The Morgan fingerprint density at radius 2 is 1.58 bits per heavy atom. The van der Waals surface area contributed by atoms with Crippen LogP contribution in [0.5, 0.6) is 5.75 Å². The van der Waals surface area contributed by atoms with E-state index in [1.165, 1.54) is 7.11 Å². The Balaban J connectivity index is 1.04. The van der Waals surface area contributed by atoms with Gasteiger partial charge in [-0.25, -0.2) is 14.8 Å². The van der Waals surface area contributed by atoms with E-state index in [0.717, 1.165) is 84.0 Å². The fourth-order valence-electron chi connectivity index (χ4n) is 8.07. The maximum Gasteiger partial charge on any atom is 0.407 e. The van der Waals surface area contributed by atoms with Crippen molar-refractivity contribution in [3.63, 3.8) is 0 Å². The Hall–Kier alpha value is -4.91. The van der Waals surface area contributed by atoms with Crippen molar-refractivity contribution in [3.05, 3.63) is 71.7 Å². The number of likely N-dealkylation sites (tertiary alicyclic amines) is 2. The highest BCUT2D eigenvalue weighted by Gasteiger charge is 2.38. The molecule has 282 valence electrons. The molecule has 13 heteroatoms. The van der Waals surface area contributed by atoms with Gasteiger partial charge >= 0.3 is 6.09 Å². The molecule has 13 nitrogen and oxygen atoms in total. The number of allylic oxidation sites excluding steroid dienone is 2. The average Bonchev–Trinajstić information content (AvgIpc) is 3.98. The second-order valence-electron chi connectivity index (χ2n) is 15.5. The molecule has 3 amide bonds. The zero-order valence-electron chi connectivity index (χ0n) is 31.3. The molecule has 2 fully saturated rings. The van der Waals surface area contributed by atoms with E-state index in [9.17, 15) is 14.4 Å². The van der Waals surface area contributed by atoms with E-state index in [1.807, 2.05) is 56.0 Å². The van der Waals surface area contributed by atoms with Gasteiger partial charge in [-0.3, -0.25) is 9.59 Å². The predicted molar refractivity (Wildman–Crippen MR) is 200 cm³/mol. The number of nitrogens with zero attached hydrogens (tertiary/aromatic N) is 4. The zero-order valence-corrected chi connectivity index (χ0v) is 31.3. The van der Waals surface area contributed by atoms with Crippen LogP contribution in [0.1, 0.15) is 94.8 Å². The van der Waals surface area contributed by atoms with Crippen LogP contribution in [-0.4, -0.2) is 86.0 Å². The molecule has 1 aromatic carbocycles. The van der Waals surface area contributed by atoms with Gasteiger partial charge in [-0.05, 0) is 85.8 Å². The van der Waals surface area contributed by atoms with Gasteiger partial charge in [0.1, 0.15) is 29.5 Å². The number of methoxy groups -OCH3 is 1. The Kier molecular flexibility index (Phi) is 10.5. The molecule has 5 N–H and O–H groups in total. The third-order valence-electron chi connectivity index (χ3n) is 11.3. The van der Waals surface area contributed by atoms with Crippen LogP contribution in [0.25, 0.3) is 16.8 Å². The molecule has 7 rings (SSSR count). The number of aromatic nitrogens is 4. The highest BCUT2D eigenvalue weighted by Crippen LogP contribution is 2.39. The van der Waals surface area contributed by atoms with Gasteiger partial charge in [0.2, 0.25) is 11.8 Å². The number of nitrogens with two attached hydrogens (primary N) is 1. The second kappa shape index (κ2) is 15.2.